The van der Waals surface area contributed by atoms with Gasteiger partial charge in [-0.1, -0.05) is 18.2 Å². The fourth-order valence-corrected chi connectivity index (χ4v) is 1.85. The molecule has 2 aromatic carbocycles. The largest absolute Gasteiger partial charge is 0.457 e. The molecule has 4 heteroatoms. The van der Waals surface area contributed by atoms with Crippen molar-refractivity contribution >= 4 is 5.82 Å². The number of hydrogen-bond donors (Lipinski definition) is 1. The molecule has 20 heavy (non-hydrogen) atoms. The Kier molecular flexibility index (Phi) is 3.29. The molecule has 0 radical (unpaired) electrons. The van der Waals surface area contributed by atoms with Gasteiger partial charge in [0.1, 0.15) is 23.6 Å². The SMILES string of the molecule is Nc1cc(-c2ccc(Oc3ccccc3)cc2)ncn1. The van der Waals surface area contributed by atoms with E-state index in [-0.39, 0.29) is 0 Å². The molecular formula is C16H13N3O. The molecule has 0 aliphatic heterocycles. The molecule has 1 aromatic heterocycles. The highest BCUT2D eigenvalue weighted by molar-refractivity contribution is 5.62. The summed E-state index contributed by atoms with van der Waals surface area (Å²) in [6.07, 6.45) is 1.46. The lowest BCUT2D eigenvalue weighted by molar-refractivity contribution is 0.483. The van der Waals surface area contributed by atoms with Gasteiger partial charge in [0.15, 0.2) is 0 Å². The minimum absolute atomic E-state index is 0.458. The van der Waals surface area contributed by atoms with Crippen LogP contribution in [0.5, 0.6) is 11.5 Å². The van der Waals surface area contributed by atoms with Crippen LogP contribution in [-0.2, 0) is 0 Å². The Morgan fingerprint density at radius 3 is 2.20 bits per heavy atom. The molecule has 0 unspecified atom stereocenters. The van der Waals surface area contributed by atoms with Crippen molar-refractivity contribution in [1.82, 2.24) is 9.97 Å². The number of nitrogens with zero attached hydrogens (tertiary/aromatic N) is 2. The molecule has 0 aliphatic carbocycles. The van der Waals surface area contributed by atoms with E-state index in [1.807, 2.05) is 54.6 Å². The van der Waals surface area contributed by atoms with Crippen LogP contribution in [0, 0.1) is 0 Å². The molecule has 1 heterocycles. The summed E-state index contributed by atoms with van der Waals surface area (Å²) >= 11 is 0. The zero-order chi connectivity index (χ0) is 13.8. The second-order valence-corrected chi connectivity index (χ2v) is 4.27. The minimum Gasteiger partial charge on any atom is -0.457 e. The molecule has 2 N–H and O–H groups in total. The number of hydrogen-bond acceptors (Lipinski definition) is 4. The van der Waals surface area contributed by atoms with Crippen molar-refractivity contribution in [3.05, 3.63) is 67.0 Å². The maximum Gasteiger partial charge on any atom is 0.127 e. The van der Waals surface area contributed by atoms with Gasteiger partial charge in [0.2, 0.25) is 0 Å². The van der Waals surface area contributed by atoms with Gasteiger partial charge in [-0.15, -0.1) is 0 Å². The van der Waals surface area contributed by atoms with Crippen molar-refractivity contribution in [3.63, 3.8) is 0 Å². The lowest BCUT2D eigenvalue weighted by Crippen LogP contribution is -1.92. The summed E-state index contributed by atoms with van der Waals surface area (Å²) in [5.74, 6) is 2.05. The second kappa shape index (κ2) is 5.40. The van der Waals surface area contributed by atoms with Crippen molar-refractivity contribution in [2.24, 2.45) is 0 Å². The average molecular weight is 263 g/mol. The predicted molar refractivity (Wildman–Crippen MR) is 78.4 cm³/mol. The van der Waals surface area contributed by atoms with Crippen LogP contribution in [0.1, 0.15) is 0 Å². The summed E-state index contributed by atoms with van der Waals surface area (Å²) in [4.78, 5) is 8.07. The molecule has 0 bridgehead atoms. The van der Waals surface area contributed by atoms with E-state index in [2.05, 4.69) is 9.97 Å². The fourth-order valence-electron chi connectivity index (χ4n) is 1.85. The smallest absolute Gasteiger partial charge is 0.127 e. The van der Waals surface area contributed by atoms with Gasteiger partial charge in [0.05, 0.1) is 5.69 Å². The van der Waals surface area contributed by atoms with E-state index in [1.54, 1.807) is 6.07 Å². The molecule has 0 amide bonds. The molecule has 3 aromatic rings. The molecule has 0 spiro atoms. The third kappa shape index (κ3) is 2.75. The Labute approximate surface area is 116 Å². The fraction of sp³-hybridized carbons (Fsp3) is 0. The molecule has 0 fully saturated rings. The molecular weight excluding hydrogens is 250 g/mol. The summed E-state index contributed by atoms with van der Waals surface area (Å²) in [5.41, 5.74) is 7.42. The number of aromatic nitrogens is 2. The van der Waals surface area contributed by atoms with E-state index in [0.717, 1.165) is 22.8 Å². The second-order valence-electron chi connectivity index (χ2n) is 4.27. The van der Waals surface area contributed by atoms with Crippen LogP contribution in [0.2, 0.25) is 0 Å². The van der Waals surface area contributed by atoms with Crippen molar-refractivity contribution in [3.8, 4) is 22.8 Å². The Morgan fingerprint density at radius 1 is 0.800 bits per heavy atom. The van der Waals surface area contributed by atoms with E-state index in [4.69, 9.17) is 10.5 Å². The summed E-state index contributed by atoms with van der Waals surface area (Å²) in [6, 6.07) is 19.1. The van der Waals surface area contributed by atoms with Crippen molar-refractivity contribution < 1.29 is 4.74 Å². The Morgan fingerprint density at radius 2 is 1.50 bits per heavy atom. The predicted octanol–water partition coefficient (Wildman–Crippen LogP) is 3.52. The van der Waals surface area contributed by atoms with Crippen LogP contribution < -0.4 is 10.5 Å². The normalized spacial score (nSPS) is 10.2. The zero-order valence-corrected chi connectivity index (χ0v) is 10.7. The Hall–Kier alpha value is -2.88. The Balaban J connectivity index is 1.81. The first-order valence-electron chi connectivity index (χ1n) is 6.22. The number of nitrogen functional groups attached to an aromatic ring is 1. The average Bonchev–Trinajstić information content (AvgIpc) is 2.49. The lowest BCUT2D eigenvalue weighted by atomic mass is 10.1. The summed E-state index contributed by atoms with van der Waals surface area (Å²) < 4.78 is 5.74. The highest BCUT2D eigenvalue weighted by atomic mass is 16.5. The van der Waals surface area contributed by atoms with Crippen LogP contribution in [-0.4, -0.2) is 9.97 Å². The van der Waals surface area contributed by atoms with E-state index in [1.165, 1.54) is 6.33 Å². The van der Waals surface area contributed by atoms with E-state index in [9.17, 15) is 0 Å². The molecule has 0 saturated heterocycles. The zero-order valence-electron chi connectivity index (χ0n) is 10.7. The first-order valence-corrected chi connectivity index (χ1v) is 6.22. The highest BCUT2D eigenvalue weighted by Gasteiger charge is 2.02. The summed E-state index contributed by atoms with van der Waals surface area (Å²) in [5, 5.41) is 0. The third-order valence-corrected chi connectivity index (χ3v) is 2.82. The van der Waals surface area contributed by atoms with E-state index < -0.39 is 0 Å². The van der Waals surface area contributed by atoms with E-state index in [0.29, 0.717) is 5.82 Å². The van der Waals surface area contributed by atoms with Gasteiger partial charge < -0.3 is 10.5 Å². The Bertz CT molecular complexity index is 696. The topological polar surface area (TPSA) is 61.0 Å². The van der Waals surface area contributed by atoms with Crippen molar-refractivity contribution in [2.75, 3.05) is 5.73 Å². The molecule has 0 saturated carbocycles. The van der Waals surface area contributed by atoms with Gasteiger partial charge >= 0.3 is 0 Å². The van der Waals surface area contributed by atoms with Crippen molar-refractivity contribution in [2.45, 2.75) is 0 Å². The highest BCUT2D eigenvalue weighted by Crippen LogP contribution is 2.24. The lowest BCUT2D eigenvalue weighted by Gasteiger charge is -2.06. The molecule has 4 nitrogen and oxygen atoms in total. The number of ether oxygens (including phenoxy) is 1. The van der Waals surface area contributed by atoms with Gasteiger partial charge in [0, 0.05) is 11.6 Å². The van der Waals surface area contributed by atoms with Gasteiger partial charge in [-0.3, -0.25) is 0 Å². The summed E-state index contributed by atoms with van der Waals surface area (Å²) in [7, 11) is 0. The van der Waals surface area contributed by atoms with Crippen LogP contribution in [0.4, 0.5) is 5.82 Å². The monoisotopic (exact) mass is 263 g/mol. The van der Waals surface area contributed by atoms with Gasteiger partial charge in [-0.2, -0.15) is 0 Å². The first-order chi connectivity index (χ1) is 9.81. The van der Waals surface area contributed by atoms with Crippen LogP contribution in [0.15, 0.2) is 67.0 Å². The molecule has 3 rings (SSSR count). The maximum absolute atomic E-state index is 5.74. The number of nitrogens with two attached hydrogens (primary N) is 1. The number of benzene rings is 2. The molecule has 0 atom stereocenters. The van der Waals surface area contributed by atoms with Crippen LogP contribution in [0.3, 0.4) is 0 Å². The number of para-hydroxylation sites is 1. The summed E-state index contributed by atoms with van der Waals surface area (Å²) in [6.45, 7) is 0. The quantitative estimate of drug-likeness (QED) is 0.785. The minimum atomic E-state index is 0.458. The van der Waals surface area contributed by atoms with Crippen molar-refractivity contribution in [1.29, 1.82) is 0 Å². The van der Waals surface area contributed by atoms with Crippen LogP contribution in [0.25, 0.3) is 11.3 Å². The standard InChI is InChI=1S/C16H13N3O/c17-16-10-15(18-11-19-16)12-6-8-14(9-7-12)20-13-4-2-1-3-5-13/h1-11H,(H2,17,18,19). The van der Waals surface area contributed by atoms with E-state index >= 15 is 0 Å². The number of rotatable bonds is 3. The van der Waals surface area contributed by atoms with Gasteiger partial charge in [-0.05, 0) is 36.4 Å². The maximum atomic E-state index is 5.74. The third-order valence-electron chi connectivity index (χ3n) is 2.82. The molecule has 0 aliphatic rings. The number of anilines is 1. The first kappa shape index (κ1) is 12.2. The van der Waals surface area contributed by atoms with Gasteiger partial charge in [0.25, 0.3) is 0 Å². The van der Waals surface area contributed by atoms with Gasteiger partial charge in [-0.25, -0.2) is 9.97 Å². The molecule has 98 valence electrons. The van der Waals surface area contributed by atoms with Crippen LogP contribution >= 0.6 is 0 Å².